The minimum atomic E-state index is -0.155. The quantitative estimate of drug-likeness (QED) is 0.568. The molecule has 2 aromatic rings. The molecule has 8 nitrogen and oxygen atoms in total. The Balaban J connectivity index is 2.17. The molecular formula is C11H15N7O. The van der Waals surface area contributed by atoms with E-state index in [-0.39, 0.29) is 5.91 Å². The van der Waals surface area contributed by atoms with Crippen LogP contribution in [0.4, 0.5) is 11.4 Å². The van der Waals surface area contributed by atoms with E-state index in [0.717, 1.165) is 0 Å². The van der Waals surface area contributed by atoms with Gasteiger partial charge in [0.05, 0.1) is 12.1 Å². The van der Waals surface area contributed by atoms with Crippen LogP contribution in [0.5, 0.6) is 0 Å². The summed E-state index contributed by atoms with van der Waals surface area (Å²) in [7, 11) is 0. The van der Waals surface area contributed by atoms with Crippen molar-refractivity contribution in [3.05, 3.63) is 29.6 Å². The highest BCUT2D eigenvalue weighted by Gasteiger charge is 2.11. The standard InChI is InChI=1S/C11H15N7O/c1-2-13-11(19)8-4-3-7(12)5-9(8)14-6-10-15-17-18-16-10/h3-5,14H,2,6,12H2,1H3,(H,13,19)(H,15,16,17,18). The van der Waals surface area contributed by atoms with E-state index in [1.54, 1.807) is 18.2 Å². The Morgan fingerprint density at radius 3 is 3.00 bits per heavy atom. The van der Waals surface area contributed by atoms with Gasteiger partial charge in [-0.25, -0.2) is 0 Å². The van der Waals surface area contributed by atoms with Gasteiger partial charge in [-0.2, -0.15) is 5.21 Å². The van der Waals surface area contributed by atoms with Crippen LogP contribution in [0.15, 0.2) is 18.2 Å². The van der Waals surface area contributed by atoms with Crippen molar-refractivity contribution in [2.45, 2.75) is 13.5 Å². The number of hydrogen-bond acceptors (Lipinski definition) is 6. The number of hydrogen-bond donors (Lipinski definition) is 4. The van der Waals surface area contributed by atoms with Crippen molar-refractivity contribution in [2.75, 3.05) is 17.6 Å². The van der Waals surface area contributed by atoms with E-state index in [1.165, 1.54) is 0 Å². The molecule has 0 aliphatic carbocycles. The van der Waals surface area contributed by atoms with E-state index in [9.17, 15) is 4.79 Å². The van der Waals surface area contributed by atoms with Gasteiger partial charge < -0.3 is 16.4 Å². The number of nitrogens with one attached hydrogen (secondary N) is 3. The fourth-order valence-corrected chi connectivity index (χ4v) is 1.59. The van der Waals surface area contributed by atoms with Gasteiger partial charge in [0, 0.05) is 17.9 Å². The van der Waals surface area contributed by atoms with Crippen LogP contribution in [0.2, 0.25) is 0 Å². The largest absolute Gasteiger partial charge is 0.399 e. The van der Waals surface area contributed by atoms with Gasteiger partial charge >= 0.3 is 0 Å². The Bertz CT molecular complexity index is 552. The number of aromatic nitrogens is 4. The van der Waals surface area contributed by atoms with Crippen LogP contribution < -0.4 is 16.4 Å². The fraction of sp³-hybridized carbons (Fsp3) is 0.273. The highest BCUT2D eigenvalue weighted by molar-refractivity contribution is 6.00. The molecule has 5 N–H and O–H groups in total. The number of benzene rings is 1. The number of amides is 1. The minimum absolute atomic E-state index is 0.155. The zero-order valence-corrected chi connectivity index (χ0v) is 10.5. The van der Waals surface area contributed by atoms with Crippen molar-refractivity contribution in [2.24, 2.45) is 0 Å². The Morgan fingerprint density at radius 2 is 2.32 bits per heavy atom. The van der Waals surface area contributed by atoms with E-state index in [0.29, 0.717) is 35.9 Å². The lowest BCUT2D eigenvalue weighted by Gasteiger charge is -2.11. The van der Waals surface area contributed by atoms with E-state index in [4.69, 9.17) is 5.73 Å². The van der Waals surface area contributed by atoms with Crippen LogP contribution in [0.3, 0.4) is 0 Å². The van der Waals surface area contributed by atoms with Crippen molar-refractivity contribution in [1.29, 1.82) is 0 Å². The van der Waals surface area contributed by atoms with Gasteiger partial charge in [-0.15, -0.1) is 10.2 Å². The maximum atomic E-state index is 11.9. The van der Waals surface area contributed by atoms with E-state index >= 15 is 0 Å². The number of carbonyl (C=O) groups is 1. The summed E-state index contributed by atoms with van der Waals surface area (Å²) in [6.45, 7) is 2.78. The minimum Gasteiger partial charge on any atom is -0.399 e. The predicted octanol–water partition coefficient (Wildman–Crippen LogP) is 0.144. The Kier molecular flexibility index (Phi) is 3.91. The maximum absolute atomic E-state index is 11.9. The van der Waals surface area contributed by atoms with Gasteiger partial charge in [0.15, 0.2) is 5.82 Å². The second-order valence-corrected chi connectivity index (χ2v) is 3.85. The number of anilines is 2. The van der Waals surface area contributed by atoms with Gasteiger partial charge in [0.2, 0.25) is 0 Å². The van der Waals surface area contributed by atoms with Crippen LogP contribution in [-0.2, 0) is 6.54 Å². The van der Waals surface area contributed by atoms with Crippen molar-refractivity contribution in [1.82, 2.24) is 25.9 Å². The SMILES string of the molecule is CCNC(=O)c1ccc(N)cc1NCc1nn[nH]n1. The average Bonchev–Trinajstić information content (AvgIpc) is 2.89. The normalized spacial score (nSPS) is 10.2. The molecule has 0 atom stereocenters. The zero-order chi connectivity index (χ0) is 13.7. The Hall–Kier alpha value is -2.64. The topological polar surface area (TPSA) is 122 Å². The molecule has 8 heteroatoms. The van der Waals surface area contributed by atoms with Gasteiger partial charge in [0.25, 0.3) is 5.91 Å². The van der Waals surface area contributed by atoms with Crippen LogP contribution in [0, 0.1) is 0 Å². The first-order valence-electron chi connectivity index (χ1n) is 5.84. The summed E-state index contributed by atoms with van der Waals surface area (Å²) in [5.41, 5.74) is 7.46. The average molecular weight is 261 g/mol. The Labute approximate surface area is 109 Å². The number of nitrogen functional groups attached to an aromatic ring is 1. The number of H-pyrrole nitrogens is 1. The molecule has 1 aromatic heterocycles. The molecular weight excluding hydrogens is 246 g/mol. The number of carbonyl (C=O) groups excluding carboxylic acids is 1. The third-order valence-corrected chi connectivity index (χ3v) is 2.45. The van der Waals surface area contributed by atoms with Gasteiger partial charge in [-0.3, -0.25) is 4.79 Å². The first kappa shape index (κ1) is 12.8. The molecule has 0 saturated carbocycles. The summed E-state index contributed by atoms with van der Waals surface area (Å²) in [5.74, 6) is 0.349. The van der Waals surface area contributed by atoms with Gasteiger partial charge in [-0.1, -0.05) is 5.21 Å². The van der Waals surface area contributed by atoms with E-state index < -0.39 is 0 Å². The number of nitrogens with zero attached hydrogens (tertiary/aromatic N) is 3. The molecule has 100 valence electrons. The molecule has 0 bridgehead atoms. The Morgan fingerprint density at radius 1 is 1.47 bits per heavy atom. The molecule has 0 aliphatic rings. The summed E-state index contributed by atoms with van der Waals surface area (Å²) in [5, 5.41) is 19.3. The molecule has 0 radical (unpaired) electrons. The molecule has 0 aliphatic heterocycles. The summed E-state index contributed by atoms with van der Waals surface area (Å²) >= 11 is 0. The molecule has 0 spiro atoms. The summed E-state index contributed by atoms with van der Waals surface area (Å²) in [6.07, 6.45) is 0. The summed E-state index contributed by atoms with van der Waals surface area (Å²) in [6, 6.07) is 5.06. The van der Waals surface area contributed by atoms with Crippen LogP contribution in [0.1, 0.15) is 23.1 Å². The monoisotopic (exact) mass is 261 g/mol. The van der Waals surface area contributed by atoms with Crippen LogP contribution >= 0.6 is 0 Å². The van der Waals surface area contributed by atoms with Gasteiger partial charge in [0.1, 0.15) is 0 Å². The fourth-order valence-electron chi connectivity index (χ4n) is 1.59. The summed E-state index contributed by atoms with van der Waals surface area (Å²) in [4.78, 5) is 11.9. The molecule has 2 rings (SSSR count). The number of nitrogens with two attached hydrogens (primary N) is 1. The van der Waals surface area contributed by atoms with Crippen molar-refractivity contribution in [3.63, 3.8) is 0 Å². The van der Waals surface area contributed by atoms with Crippen LogP contribution in [-0.4, -0.2) is 33.1 Å². The second-order valence-electron chi connectivity index (χ2n) is 3.85. The highest BCUT2D eigenvalue weighted by atomic mass is 16.1. The van der Waals surface area contributed by atoms with Crippen molar-refractivity contribution < 1.29 is 4.79 Å². The molecule has 0 saturated heterocycles. The molecule has 1 amide bonds. The molecule has 1 aromatic carbocycles. The smallest absolute Gasteiger partial charge is 0.253 e. The van der Waals surface area contributed by atoms with Crippen molar-refractivity contribution >= 4 is 17.3 Å². The zero-order valence-electron chi connectivity index (χ0n) is 10.5. The van der Waals surface area contributed by atoms with E-state index in [2.05, 4.69) is 31.3 Å². The number of aromatic amines is 1. The number of tetrazole rings is 1. The first-order valence-corrected chi connectivity index (χ1v) is 5.84. The molecule has 19 heavy (non-hydrogen) atoms. The third-order valence-electron chi connectivity index (χ3n) is 2.45. The lowest BCUT2D eigenvalue weighted by Crippen LogP contribution is -2.24. The first-order chi connectivity index (χ1) is 9.20. The van der Waals surface area contributed by atoms with E-state index in [1.807, 2.05) is 6.92 Å². The maximum Gasteiger partial charge on any atom is 0.253 e. The van der Waals surface area contributed by atoms with Crippen LogP contribution in [0.25, 0.3) is 0 Å². The molecule has 0 fully saturated rings. The highest BCUT2D eigenvalue weighted by Crippen LogP contribution is 2.19. The lowest BCUT2D eigenvalue weighted by molar-refractivity contribution is 0.0956. The van der Waals surface area contributed by atoms with Gasteiger partial charge in [-0.05, 0) is 25.1 Å². The molecule has 0 unspecified atom stereocenters. The molecule has 1 heterocycles. The third kappa shape index (κ3) is 3.18. The second kappa shape index (κ2) is 5.80. The van der Waals surface area contributed by atoms with Crippen molar-refractivity contribution in [3.8, 4) is 0 Å². The predicted molar refractivity (Wildman–Crippen MR) is 70.4 cm³/mol. The lowest BCUT2D eigenvalue weighted by atomic mass is 10.1. The summed E-state index contributed by atoms with van der Waals surface area (Å²) < 4.78 is 0. The number of rotatable bonds is 5.